The summed E-state index contributed by atoms with van der Waals surface area (Å²) in [4.78, 5) is 24.1. The second kappa shape index (κ2) is 9.52. The van der Waals surface area contributed by atoms with Gasteiger partial charge in [0, 0.05) is 5.02 Å². The zero-order valence-corrected chi connectivity index (χ0v) is 19.3. The van der Waals surface area contributed by atoms with E-state index in [9.17, 15) is 9.59 Å². The molecule has 30 heavy (non-hydrogen) atoms. The number of carbonyl (C=O) groups excluding carboxylic acids is 2. The number of benzene rings is 2. The smallest absolute Gasteiger partial charge is 0.276 e. The fourth-order valence-electron chi connectivity index (χ4n) is 2.86. The highest BCUT2D eigenvalue weighted by Crippen LogP contribution is 2.35. The molecule has 0 saturated carbocycles. The summed E-state index contributed by atoms with van der Waals surface area (Å²) in [5, 5.41) is 0.606. The van der Waals surface area contributed by atoms with Gasteiger partial charge in [-0.2, -0.15) is 0 Å². The molecule has 2 aromatic rings. The molecular weight excluding hydrogens is 400 g/mol. The van der Waals surface area contributed by atoms with E-state index in [-0.39, 0.29) is 29.8 Å². The van der Waals surface area contributed by atoms with Crippen molar-refractivity contribution in [2.75, 3.05) is 6.61 Å². The molecule has 0 saturated heterocycles. The van der Waals surface area contributed by atoms with E-state index in [1.54, 1.807) is 24.3 Å². The average Bonchev–Trinajstić information content (AvgIpc) is 2.65. The van der Waals surface area contributed by atoms with E-state index in [4.69, 9.17) is 16.3 Å². The fraction of sp³-hybridized carbons (Fsp3) is 0.417. The molecule has 0 aliphatic carbocycles. The van der Waals surface area contributed by atoms with Gasteiger partial charge in [0.1, 0.15) is 5.75 Å². The van der Waals surface area contributed by atoms with Crippen LogP contribution in [0.3, 0.4) is 0 Å². The third-order valence-electron chi connectivity index (χ3n) is 4.63. The predicted molar refractivity (Wildman–Crippen MR) is 121 cm³/mol. The lowest BCUT2D eigenvalue weighted by Gasteiger charge is -2.27. The summed E-state index contributed by atoms with van der Waals surface area (Å²) in [7, 11) is 0. The molecule has 0 bridgehead atoms. The summed E-state index contributed by atoms with van der Waals surface area (Å²) in [6.45, 7) is 12.6. The summed E-state index contributed by atoms with van der Waals surface area (Å²) in [6.07, 6.45) is 0.140. The number of halogens is 1. The van der Waals surface area contributed by atoms with E-state index >= 15 is 0 Å². The molecule has 2 N–H and O–H groups in total. The molecule has 162 valence electrons. The van der Waals surface area contributed by atoms with Crippen molar-refractivity contribution in [2.24, 2.45) is 0 Å². The minimum absolute atomic E-state index is 0.0181. The minimum atomic E-state index is -0.431. The van der Waals surface area contributed by atoms with Crippen LogP contribution in [0.15, 0.2) is 42.5 Å². The number of amides is 2. The van der Waals surface area contributed by atoms with Crippen LogP contribution in [-0.2, 0) is 26.8 Å². The molecule has 0 unspecified atom stereocenters. The Morgan fingerprint density at radius 1 is 0.867 bits per heavy atom. The molecule has 2 aromatic carbocycles. The molecule has 0 aromatic heterocycles. The quantitative estimate of drug-likeness (QED) is 0.675. The van der Waals surface area contributed by atoms with E-state index < -0.39 is 5.91 Å². The highest BCUT2D eigenvalue weighted by atomic mass is 35.5. The highest BCUT2D eigenvalue weighted by Gasteiger charge is 2.23. The van der Waals surface area contributed by atoms with Gasteiger partial charge in [0.25, 0.3) is 5.91 Å². The van der Waals surface area contributed by atoms with Gasteiger partial charge in [0.05, 0.1) is 6.42 Å². The number of hydrogen-bond donors (Lipinski definition) is 2. The van der Waals surface area contributed by atoms with Gasteiger partial charge in [-0.05, 0) is 45.7 Å². The third kappa shape index (κ3) is 7.06. The van der Waals surface area contributed by atoms with Gasteiger partial charge in [0.15, 0.2) is 6.61 Å². The Morgan fingerprint density at radius 2 is 1.47 bits per heavy atom. The minimum Gasteiger partial charge on any atom is -0.483 e. The Kier molecular flexibility index (Phi) is 7.54. The van der Waals surface area contributed by atoms with Gasteiger partial charge >= 0.3 is 0 Å². The van der Waals surface area contributed by atoms with Crippen molar-refractivity contribution in [1.29, 1.82) is 0 Å². The number of hydrogen-bond acceptors (Lipinski definition) is 3. The van der Waals surface area contributed by atoms with Gasteiger partial charge in [0.2, 0.25) is 5.91 Å². The lowest BCUT2D eigenvalue weighted by Crippen LogP contribution is -2.44. The van der Waals surface area contributed by atoms with Crippen LogP contribution < -0.4 is 15.6 Å². The first-order valence-corrected chi connectivity index (χ1v) is 10.3. The van der Waals surface area contributed by atoms with Crippen LogP contribution in [0, 0.1) is 0 Å². The van der Waals surface area contributed by atoms with Crippen molar-refractivity contribution in [3.8, 4) is 5.75 Å². The van der Waals surface area contributed by atoms with Gasteiger partial charge in [-0.25, -0.2) is 0 Å². The topological polar surface area (TPSA) is 67.4 Å². The summed E-state index contributed by atoms with van der Waals surface area (Å²) in [5.74, 6) is -0.0899. The van der Waals surface area contributed by atoms with Crippen LogP contribution in [0.5, 0.6) is 5.75 Å². The van der Waals surface area contributed by atoms with Crippen LogP contribution in [0.1, 0.15) is 58.2 Å². The number of hydrazine groups is 1. The Labute approximate surface area is 184 Å². The van der Waals surface area contributed by atoms with Gasteiger partial charge in [-0.15, -0.1) is 0 Å². The van der Waals surface area contributed by atoms with E-state index in [1.165, 1.54) is 5.56 Å². The first-order valence-electron chi connectivity index (χ1n) is 9.96. The third-order valence-corrected chi connectivity index (χ3v) is 4.88. The van der Waals surface area contributed by atoms with Gasteiger partial charge in [-0.3, -0.25) is 20.4 Å². The van der Waals surface area contributed by atoms with Crippen LogP contribution in [0.25, 0.3) is 0 Å². The number of carbonyl (C=O) groups is 2. The SMILES string of the molecule is CC(C)(C)c1ccc(OCC(=O)NNC(=O)Cc2ccc(Cl)cc2)c(C(C)(C)C)c1. The average molecular weight is 431 g/mol. The second-order valence-electron chi connectivity index (χ2n) is 9.40. The first kappa shape index (κ1) is 23.7. The molecule has 0 radical (unpaired) electrons. The zero-order chi connectivity index (χ0) is 22.5. The molecule has 0 fully saturated rings. The molecule has 6 heteroatoms. The maximum atomic E-state index is 12.1. The van der Waals surface area contributed by atoms with Crippen molar-refractivity contribution >= 4 is 23.4 Å². The van der Waals surface area contributed by atoms with Crippen molar-refractivity contribution in [3.05, 3.63) is 64.2 Å². The van der Waals surface area contributed by atoms with Crippen LogP contribution in [0.2, 0.25) is 5.02 Å². The normalized spacial score (nSPS) is 11.7. The van der Waals surface area contributed by atoms with Crippen LogP contribution >= 0.6 is 11.6 Å². The molecule has 0 atom stereocenters. The maximum Gasteiger partial charge on any atom is 0.276 e. The molecule has 0 aliphatic rings. The molecule has 0 spiro atoms. The van der Waals surface area contributed by atoms with Crippen LogP contribution in [-0.4, -0.2) is 18.4 Å². The molecule has 5 nitrogen and oxygen atoms in total. The van der Waals surface area contributed by atoms with Gasteiger partial charge < -0.3 is 4.74 Å². The van der Waals surface area contributed by atoms with Crippen molar-refractivity contribution in [2.45, 2.75) is 58.8 Å². The molecule has 2 rings (SSSR count). The van der Waals surface area contributed by atoms with E-state index in [0.29, 0.717) is 10.8 Å². The maximum absolute atomic E-state index is 12.1. The summed E-state index contributed by atoms with van der Waals surface area (Å²) < 4.78 is 5.78. The fourth-order valence-corrected chi connectivity index (χ4v) is 2.99. The standard InChI is InChI=1S/C24H31ClN2O3/c1-23(2,3)17-9-12-20(19(14-17)24(4,5)6)30-15-22(29)27-26-21(28)13-16-7-10-18(25)11-8-16/h7-12,14H,13,15H2,1-6H3,(H,26,28)(H,27,29). The number of nitrogens with one attached hydrogen (secondary N) is 2. The summed E-state index contributed by atoms with van der Waals surface area (Å²) in [5.41, 5.74) is 7.72. The monoisotopic (exact) mass is 430 g/mol. The van der Waals surface area contributed by atoms with Gasteiger partial charge in [-0.1, -0.05) is 77.4 Å². The van der Waals surface area contributed by atoms with Crippen molar-refractivity contribution < 1.29 is 14.3 Å². The Bertz CT molecular complexity index is 894. The van der Waals surface area contributed by atoms with E-state index in [0.717, 1.165) is 11.1 Å². The molecule has 2 amide bonds. The molecule has 0 aliphatic heterocycles. The first-order chi connectivity index (χ1) is 13.9. The molecule has 0 heterocycles. The number of rotatable bonds is 5. The highest BCUT2D eigenvalue weighted by molar-refractivity contribution is 6.30. The Morgan fingerprint density at radius 3 is 2.03 bits per heavy atom. The van der Waals surface area contributed by atoms with E-state index in [1.807, 2.05) is 12.1 Å². The molecular formula is C24H31ClN2O3. The van der Waals surface area contributed by atoms with Crippen molar-refractivity contribution in [3.63, 3.8) is 0 Å². The Balaban J connectivity index is 1.93. The summed E-state index contributed by atoms with van der Waals surface area (Å²) in [6, 6.07) is 13.0. The predicted octanol–water partition coefficient (Wildman–Crippen LogP) is 4.70. The number of ether oxygens (including phenoxy) is 1. The summed E-state index contributed by atoms with van der Waals surface area (Å²) >= 11 is 5.83. The largest absolute Gasteiger partial charge is 0.483 e. The zero-order valence-electron chi connectivity index (χ0n) is 18.6. The second-order valence-corrected chi connectivity index (χ2v) is 9.84. The lowest BCUT2D eigenvalue weighted by atomic mass is 9.80. The lowest BCUT2D eigenvalue weighted by molar-refractivity contribution is -0.129. The van der Waals surface area contributed by atoms with E-state index in [2.05, 4.69) is 58.5 Å². The van der Waals surface area contributed by atoms with Crippen molar-refractivity contribution in [1.82, 2.24) is 10.9 Å². The van der Waals surface area contributed by atoms with Crippen LogP contribution in [0.4, 0.5) is 0 Å². The Hall–Kier alpha value is -2.53.